The highest BCUT2D eigenvalue weighted by Crippen LogP contribution is 2.06. The molecule has 0 unspecified atom stereocenters. The Bertz CT molecular complexity index is 597. The van der Waals surface area contributed by atoms with Gasteiger partial charge in [-0.2, -0.15) is 10.1 Å². The van der Waals surface area contributed by atoms with Crippen molar-refractivity contribution in [1.82, 2.24) is 20.2 Å². The second kappa shape index (κ2) is 4.40. The zero-order valence-electron chi connectivity index (χ0n) is 8.95. The molecule has 0 spiro atoms. The Morgan fingerprint density at radius 2 is 2.35 bits per heavy atom. The summed E-state index contributed by atoms with van der Waals surface area (Å²) in [5, 5.41) is 22.2. The van der Waals surface area contributed by atoms with Crippen LogP contribution >= 0.6 is 0 Å². The van der Waals surface area contributed by atoms with Crippen LogP contribution in [-0.2, 0) is 7.05 Å². The van der Waals surface area contributed by atoms with Crippen LogP contribution in [0.3, 0.4) is 0 Å². The van der Waals surface area contributed by atoms with Gasteiger partial charge in [0.05, 0.1) is 18.7 Å². The number of anilines is 1. The average molecular weight is 228 g/mol. The van der Waals surface area contributed by atoms with E-state index in [9.17, 15) is 4.79 Å². The first-order valence-electron chi connectivity index (χ1n) is 4.74. The average Bonchev–Trinajstić information content (AvgIpc) is 2.75. The molecule has 1 amide bonds. The van der Waals surface area contributed by atoms with E-state index in [0.717, 1.165) is 0 Å². The van der Waals surface area contributed by atoms with Crippen molar-refractivity contribution in [3.63, 3.8) is 0 Å². The summed E-state index contributed by atoms with van der Waals surface area (Å²) in [4.78, 5) is 13.0. The van der Waals surface area contributed by atoms with Crippen LogP contribution < -0.4 is 5.32 Å². The van der Waals surface area contributed by atoms with E-state index in [4.69, 9.17) is 5.26 Å². The fraction of sp³-hybridized carbons (Fsp3) is 0.100. The van der Waals surface area contributed by atoms with E-state index >= 15 is 0 Å². The Kier molecular flexibility index (Phi) is 2.79. The molecular weight excluding hydrogens is 220 g/mol. The minimum absolute atomic E-state index is 0.125. The molecule has 0 saturated carbocycles. The number of aryl methyl sites for hydroxylation is 1. The van der Waals surface area contributed by atoms with Gasteiger partial charge >= 0.3 is 0 Å². The first-order chi connectivity index (χ1) is 8.19. The largest absolute Gasteiger partial charge is 0.288 e. The maximum absolute atomic E-state index is 11.8. The van der Waals surface area contributed by atoms with Crippen LogP contribution in [0.15, 0.2) is 24.3 Å². The zero-order valence-corrected chi connectivity index (χ0v) is 8.95. The van der Waals surface area contributed by atoms with Gasteiger partial charge in [0.2, 0.25) is 0 Å². The summed E-state index contributed by atoms with van der Waals surface area (Å²) in [5.74, 6) is -0.255. The summed E-state index contributed by atoms with van der Waals surface area (Å²) in [6.45, 7) is 0. The van der Waals surface area contributed by atoms with Crippen molar-refractivity contribution >= 4 is 11.9 Å². The Labute approximate surface area is 96.7 Å². The smallest absolute Gasteiger partial charge is 0.270 e. The monoisotopic (exact) mass is 228 g/mol. The van der Waals surface area contributed by atoms with Gasteiger partial charge in [0.25, 0.3) is 11.9 Å². The molecular formula is C10H8N6O. The molecule has 2 rings (SSSR count). The summed E-state index contributed by atoms with van der Waals surface area (Å²) < 4.78 is 0. The number of nitrogens with one attached hydrogen (secondary N) is 1. The summed E-state index contributed by atoms with van der Waals surface area (Å²) in [7, 11) is 1.60. The van der Waals surface area contributed by atoms with Crippen LogP contribution in [0.5, 0.6) is 0 Å². The second-order valence-electron chi connectivity index (χ2n) is 3.25. The van der Waals surface area contributed by atoms with E-state index < -0.39 is 0 Å². The van der Waals surface area contributed by atoms with Crippen molar-refractivity contribution in [3.8, 4) is 6.07 Å². The lowest BCUT2D eigenvalue weighted by molar-refractivity contribution is 0.102. The molecule has 1 heterocycles. The first-order valence-corrected chi connectivity index (χ1v) is 4.74. The normalized spacial score (nSPS) is 9.65. The van der Waals surface area contributed by atoms with Gasteiger partial charge in [-0.05, 0) is 23.4 Å². The Morgan fingerprint density at radius 3 is 3.00 bits per heavy atom. The number of tetrazole rings is 1. The number of aromatic nitrogens is 4. The van der Waals surface area contributed by atoms with Crippen molar-refractivity contribution in [2.24, 2.45) is 7.05 Å². The topological polar surface area (TPSA) is 96.5 Å². The molecule has 0 radical (unpaired) electrons. The lowest BCUT2D eigenvalue weighted by Gasteiger charge is -2.00. The highest BCUT2D eigenvalue weighted by molar-refractivity contribution is 6.03. The van der Waals surface area contributed by atoms with Gasteiger partial charge in [-0.3, -0.25) is 10.1 Å². The molecule has 1 aromatic carbocycles. The fourth-order valence-electron chi connectivity index (χ4n) is 1.24. The molecule has 7 nitrogen and oxygen atoms in total. The number of amides is 1. The molecule has 0 saturated heterocycles. The van der Waals surface area contributed by atoms with Crippen LogP contribution in [-0.4, -0.2) is 26.1 Å². The maximum atomic E-state index is 11.8. The third kappa shape index (κ3) is 2.43. The SMILES string of the molecule is Cn1nnc(NC(=O)c2cccc(C#N)c2)n1. The van der Waals surface area contributed by atoms with E-state index in [2.05, 4.69) is 20.7 Å². The number of carbonyl (C=O) groups excluding carboxylic acids is 1. The lowest BCUT2D eigenvalue weighted by atomic mass is 10.1. The van der Waals surface area contributed by atoms with Gasteiger partial charge < -0.3 is 0 Å². The highest BCUT2D eigenvalue weighted by atomic mass is 16.1. The van der Waals surface area contributed by atoms with E-state index in [1.807, 2.05) is 6.07 Å². The molecule has 1 N–H and O–H groups in total. The van der Waals surface area contributed by atoms with Crippen molar-refractivity contribution in [3.05, 3.63) is 35.4 Å². The molecule has 0 fully saturated rings. The molecule has 0 aliphatic carbocycles. The molecule has 84 valence electrons. The molecule has 0 aliphatic rings. The third-order valence-corrected chi connectivity index (χ3v) is 1.99. The molecule has 17 heavy (non-hydrogen) atoms. The van der Waals surface area contributed by atoms with Crippen molar-refractivity contribution in [2.45, 2.75) is 0 Å². The summed E-state index contributed by atoms with van der Waals surface area (Å²) >= 11 is 0. The minimum atomic E-state index is -0.380. The number of carbonyl (C=O) groups is 1. The van der Waals surface area contributed by atoms with E-state index in [0.29, 0.717) is 11.1 Å². The first kappa shape index (κ1) is 10.8. The molecule has 0 bridgehead atoms. The quantitative estimate of drug-likeness (QED) is 0.799. The second-order valence-corrected chi connectivity index (χ2v) is 3.25. The summed E-state index contributed by atoms with van der Waals surface area (Å²) in [6, 6.07) is 8.32. The summed E-state index contributed by atoms with van der Waals surface area (Å²) in [6.07, 6.45) is 0. The summed E-state index contributed by atoms with van der Waals surface area (Å²) in [5.41, 5.74) is 0.793. The predicted octanol–water partition coefficient (Wildman–Crippen LogP) is 0.334. The van der Waals surface area contributed by atoms with Crippen molar-refractivity contribution in [1.29, 1.82) is 5.26 Å². The molecule has 0 atom stereocenters. The molecule has 1 aromatic heterocycles. The zero-order chi connectivity index (χ0) is 12.3. The highest BCUT2D eigenvalue weighted by Gasteiger charge is 2.09. The molecule has 0 aliphatic heterocycles. The van der Waals surface area contributed by atoms with Crippen molar-refractivity contribution in [2.75, 3.05) is 5.32 Å². The maximum Gasteiger partial charge on any atom is 0.270 e. The van der Waals surface area contributed by atoms with Gasteiger partial charge in [-0.1, -0.05) is 11.2 Å². The predicted molar refractivity (Wildman–Crippen MR) is 57.9 cm³/mol. The van der Waals surface area contributed by atoms with Crippen molar-refractivity contribution < 1.29 is 4.79 Å². The van der Waals surface area contributed by atoms with Crippen LogP contribution in [0.4, 0.5) is 5.95 Å². The van der Waals surface area contributed by atoms with Gasteiger partial charge in [0.15, 0.2) is 0 Å². The number of nitrogens with zero attached hydrogens (tertiary/aromatic N) is 5. The van der Waals surface area contributed by atoms with E-state index in [1.165, 1.54) is 10.9 Å². The van der Waals surface area contributed by atoms with Gasteiger partial charge in [-0.25, -0.2) is 0 Å². The number of benzene rings is 1. The van der Waals surface area contributed by atoms with Crippen LogP contribution in [0.1, 0.15) is 15.9 Å². The minimum Gasteiger partial charge on any atom is -0.288 e. The molecule has 7 heteroatoms. The lowest BCUT2D eigenvalue weighted by Crippen LogP contribution is -2.13. The van der Waals surface area contributed by atoms with Gasteiger partial charge in [-0.15, -0.1) is 5.10 Å². The van der Waals surface area contributed by atoms with E-state index in [-0.39, 0.29) is 11.9 Å². The van der Waals surface area contributed by atoms with Crippen LogP contribution in [0.25, 0.3) is 0 Å². The Morgan fingerprint density at radius 1 is 1.53 bits per heavy atom. The number of nitriles is 1. The van der Waals surface area contributed by atoms with Crippen LogP contribution in [0, 0.1) is 11.3 Å². The Balaban J connectivity index is 2.17. The standard InChI is InChI=1S/C10H8N6O/c1-16-14-10(13-15-16)12-9(17)8-4-2-3-7(5-8)6-11/h2-5H,1H3,(H,12,14,17). The number of rotatable bonds is 2. The number of hydrogen-bond donors (Lipinski definition) is 1. The third-order valence-electron chi connectivity index (χ3n) is 1.99. The van der Waals surface area contributed by atoms with Gasteiger partial charge in [0.1, 0.15) is 0 Å². The fourth-order valence-corrected chi connectivity index (χ4v) is 1.24. The van der Waals surface area contributed by atoms with E-state index in [1.54, 1.807) is 25.2 Å². The Hall–Kier alpha value is -2.75. The van der Waals surface area contributed by atoms with Gasteiger partial charge in [0, 0.05) is 5.56 Å². The number of hydrogen-bond acceptors (Lipinski definition) is 5. The molecule has 2 aromatic rings. The van der Waals surface area contributed by atoms with Crippen LogP contribution in [0.2, 0.25) is 0 Å².